The molecule has 2 rings (SSSR count). The predicted molar refractivity (Wildman–Crippen MR) is 75.0 cm³/mol. The van der Waals surface area contributed by atoms with Gasteiger partial charge in [0.05, 0.1) is 33.7 Å². The maximum absolute atomic E-state index is 8.88. The summed E-state index contributed by atoms with van der Waals surface area (Å²) >= 11 is 6.10. The summed E-state index contributed by atoms with van der Waals surface area (Å²) in [4.78, 5) is 0. The molecule has 0 amide bonds. The highest BCUT2D eigenvalue weighted by Gasteiger charge is 2.06. The summed E-state index contributed by atoms with van der Waals surface area (Å²) in [6.45, 7) is 1.96. The van der Waals surface area contributed by atoms with Crippen molar-refractivity contribution in [3.8, 4) is 6.07 Å². The van der Waals surface area contributed by atoms with Gasteiger partial charge in [0, 0.05) is 0 Å². The lowest BCUT2D eigenvalue weighted by molar-refractivity contribution is 1.42. The second-order valence-corrected chi connectivity index (χ2v) is 4.38. The van der Waals surface area contributed by atoms with Gasteiger partial charge in [0.1, 0.15) is 0 Å². The van der Waals surface area contributed by atoms with Crippen LogP contribution in [-0.2, 0) is 0 Å². The third-order valence-corrected chi connectivity index (χ3v) is 2.99. The summed E-state index contributed by atoms with van der Waals surface area (Å²) in [6.07, 6.45) is 0. The highest BCUT2D eigenvalue weighted by molar-refractivity contribution is 6.33. The van der Waals surface area contributed by atoms with Crippen molar-refractivity contribution >= 4 is 28.7 Å². The van der Waals surface area contributed by atoms with E-state index < -0.39 is 0 Å². The quantitative estimate of drug-likeness (QED) is 0.804. The molecule has 0 fully saturated rings. The average Bonchev–Trinajstić information content (AvgIpc) is 2.36. The van der Waals surface area contributed by atoms with Crippen LogP contribution in [0, 0.1) is 18.3 Å². The smallest absolute Gasteiger partial charge is 0.0992 e. The summed E-state index contributed by atoms with van der Waals surface area (Å²) in [5, 5.41) is 12.6. The van der Waals surface area contributed by atoms with Gasteiger partial charge < -0.3 is 11.1 Å². The topological polar surface area (TPSA) is 61.8 Å². The van der Waals surface area contributed by atoms with E-state index in [4.69, 9.17) is 22.6 Å². The molecule has 2 aromatic carbocycles. The van der Waals surface area contributed by atoms with E-state index in [0.29, 0.717) is 22.0 Å². The summed E-state index contributed by atoms with van der Waals surface area (Å²) in [7, 11) is 0. The molecule has 0 atom stereocenters. The molecule has 90 valence electrons. The first kappa shape index (κ1) is 12.3. The van der Waals surface area contributed by atoms with Gasteiger partial charge in [0.2, 0.25) is 0 Å². The molecule has 0 radical (unpaired) electrons. The van der Waals surface area contributed by atoms with Crippen molar-refractivity contribution in [3.63, 3.8) is 0 Å². The van der Waals surface area contributed by atoms with Crippen LogP contribution in [0.25, 0.3) is 0 Å². The lowest BCUT2D eigenvalue weighted by Crippen LogP contribution is -1.99. The highest BCUT2D eigenvalue weighted by Crippen LogP contribution is 2.31. The molecular formula is C14H12ClN3. The Morgan fingerprint density at radius 2 is 2.06 bits per heavy atom. The molecular weight excluding hydrogens is 246 g/mol. The second kappa shape index (κ2) is 4.99. The molecule has 18 heavy (non-hydrogen) atoms. The fourth-order valence-electron chi connectivity index (χ4n) is 1.69. The zero-order valence-electron chi connectivity index (χ0n) is 9.87. The number of aryl methyl sites for hydroxylation is 1. The number of benzene rings is 2. The standard InChI is InChI=1S/C14H12ClN3/c1-9-3-2-4-12(17)14(9)18-13-7-10(8-16)5-6-11(13)15/h2-7,18H,17H2,1H3. The summed E-state index contributed by atoms with van der Waals surface area (Å²) in [5.41, 5.74) is 9.63. The van der Waals surface area contributed by atoms with Gasteiger partial charge in [-0.05, 0) is 36.8 Å². The Hall–Kier alpha value is -2.18. The highest BCUT2D eigenvalue weighted by atomic mass is 35.5. The van der Waals surface area contributed by atoms with Crippen molar-refractivity contribution < 1.29 is 0 Å². The van der Waals surface area contributed by atoms with Crippen LogP contribution < -0.4 is 11.1 Å². The Morgan fingerprint density at radius 3 is 2.72 bits per heavy atom. The van der Waals surface area contributed by atoms with Gasteiger partial charge in [-0.3, -0.25) is 0 Å². The Bertz CT molecular complexity index is 609. The Morgan fingerprint density at radius 1 is 1.28 bits per heavy atom. The second-order valence-electron chi connectivity index (χ2n) is 3.97. The SMILES string of the molecule is Cc1cccc(N)c1Nc1cc(C#N)ccc1Cl. The minimum Gasteiger partial charge on any atom is -0.397 e. The summed E-state index contributed by atoms with van der Waals surface area (Å²) in [6, 6.07) is 12.8. The van der Waals surface area contributed by atoms with Crippen LogP contribution >= 0.6 is 11.6 Å². The van der Waals surface area contributed by atoms with Crippen molar-refractivity contribution in [1.29, 1.82) is 5.26 Å². The first-order valence-electron chi connectivity index (χ1n) is 5.43. The van der Waals surface area contributed by atoms with Crippen LogP contribution in [0.4, 0.5) is 17.1 Å². The molecule has 0 saturated heterocycles. The molecule has 2 aromatic rings. The van der Waals surface area contributed by atoms with E-state index in [2.05, 4.69) is 11.4 Å². The fourth-order valence-corrected chi connectivity index (χ4v) is 1.85. The van der Waals surface area contributed by atoms with Gasteiger partial charge in [0.15, 0.2) is 0 Å². The number of para-hydroxylation sites is 1. The van der Waals surface area contributed by atoms with Crippen LogP contribution in [0.3, 0.4) is 0 Å². The third kappa shape index (κ3) is 2.39. The molecule has 0 unspecified atom stereocenters. The lowest BCUT2D eigenvalue weighted by atomic mass is 10.1. The maximum atomic E-state index is 8.88. The molecule has 0 bridgehead atoms. The molecule has 0 heterocycles. The first-order chi connectivity index (χ1) is 8.61. The van der Waals surface area contributed by atoms with E-state index in [1.807, 2.05) is 25.1 Å². The molecule has 0 aliphatic heterocycles. The van der Waals surface area contributed by atoms with E-state index in [1.54, 1.807) is 18.2 Å². The Balaban J connectivity index is 2.43. The fraction of sp³-hybridized carbons (Fsp3) is 0.0714. The number of hydrogen-bond donors (Lipinski definition) is 2. The number of rotatable bonds is 2. The Kier molecular flexibility index (Phi) is 3.40. The van der Waals surface area contributed by atoms with Gasteiger partial charge in [-0.15, -0.1) is 0 Å². The van der Waals surface area contributed by atoms with Crippen molar-refractivity contribution in [2.75, 3.05) is 11.1 Å². The van der Waals surface area contributed by atoms with Crippen molar-refractivity contribution in [1.82, 2.24) is 0 Å². The van der Waals surface area contributed by atoms with Crippen LogP contribution in [-0.4, -0.2) is 0 Å². The van der Waals surface area contributed by atoms with Crippen LogP contribution in [0.15, 0.2) is 36.4 Å². The van der Waals surface area contributed by atoms with Crippen molar-refractivity contribution in [2.24, 2.45) is 0 Å². The van der Waals surface area contributed by atoms with E-state index >= 15 is 0 Å². The summed E-state index contributed by atoms with van der Waals surface area (Å²) < 4.78 is 0. The van der Waals surface area contributed by atoms with Crippen molar-refractivity contribution in [2.45, 2.75) is 6.92 Å². The zero-order valence-corrected chi connectivity index (χ0v) is 10.6. The number of nitriles is 1. The lowest BCUT2D eigenvalue weighted by Gasteiger charge is -2.13. The molecule has 3 nitrogen and oxygen atoms in total. The largest absolute Gasteiger partial charge is 0.397 e. The third-order valence-electron chi connectivity index (χ3n) is 2.66. The van der Waals surface area contributed by atoms with Gasteiger partial charge in [-0.2, -0.15) is 5.26 Å². The first-order valence-corrected chi connectivity index (χ1v) is 5.81. The minimum absolute atomic E-state index is 0.550. The van der Waals surface area contributed by atoms with E-state index in [1.165, 1.54) is 0 Å². The van der Waals surface area contributed by atoms with Crippen molar-refractivity contribution in [3.05, 3.63) is 52.5 Å². The number of nitrogen functional groups attached to an aromatic ring is 1. The van der Waals surface area contributed by atoms with Crippen LogP contribution in [0.1, 0.15) is 11.1 Å². The number of nitrogens with one attached hydrogen (secondary N) is 1. The molecule has 4 heteroatoms. The molecule has 0 aliphatic rings. The van der Waals surface area contributed by atoms with Crippen LogP contribution in [0.2, 0.25) is 5.02 Å². The van der Waals surface area contributed by atoms with E-state index in [9.17, 15) is 0 Å². The number of hydrogen-bond acceptors (Lipinski definition) is 3. The molecule has 0 aromatic heterocycles. The molecule has 3 N–H and O–H groups in total. The van der Waals surface area contributed by atoms with Gasteiger partial charge in [-0.1, -0.05) is 23.7 Å². The number of halogens is 1. The number of anilines is 3. The summed E-state index contributed by atoms with van der Waals surface area (Å²) in [5.74, 6) is 0. The maximum Gasteiger partial charge on any atom is 0.0992 e. The molecule has 0 saturated carbocycles. The van der Waals surface area contributed by atoms with Gasteiger partial charge >= 0.3 is 0 Å². The molecule has 0 spiro atoms. The van der Waals surface area contributed by atoms with Gasteiger partial charge in [-0.25, -0.2) is 0 Å². The Labute approximate surface area is 111 Å². The monoisotopic (exact) mass is 257 g/mol. The normalized spacial score (nSPS) is 9.83. The zero-order chi connectivity index (χ0) is 13.1. The van der Waals surface area contributed by atoms with Gasteiger partial charge in [0.25, 0.3) is 0 Å². The molecule has 0 aliphatic carbocycles. The average molecular weight is 258 g/mol. The van der Waals surface area contributed by atoms with E-state index in [0.717, 1.165) is 11.3 Å². The van der Waals surface area contributed by atoms with E-state index in [-0.39, 0.29) is 0 Å². The van der Waals surface area contributed by atoms with Crippen LogP contribution in [0.5, 0.6) is 0 Å². The minimum atomic E-state index is 0.550. The predicted octanol–water partition coefficient (Wildman–Crippen LogP) is 3.85. The number of nitrogens with two attached hydrogens (primary N) is 1. The number of nitrogens with zero attached hydrogens (tertiary/aromatic N) is 1.